The number of hydrogen-bond donors (Lipinski definition) is 0. The molecular weight excluding hydrogens is 188 g/mol. The van der Waals surface area contributed by atoms with Crippen LogP contribution in [0.15, 0.2) is 36.4 Å². The lowest BCUT2D eigenvalue weighted by Crippen LogP contribution is -1.94. The zero-order valence-corrected chi connectivity index (χ0v) is 10.0. The Morgan fingerprint density at radius 1 is 1.36 bits per heavy atom. The van der Waals surface area contributed by atoms with E-state index in [1.807, 2.05) is 11.8 Å². The largest absolute Gasteiger partial charge is 0.153 e. The Bertz CT molecular complexity index is 298. The lowest BCUT2D eigenvalue weighted by molar-refractivity contribution is 1.09. The molecule has 0 radical (unpaired) electrons. The highest BCUT2D eigenvalue weighted by atomic mass is 32.2. The Morgan fingerprint density at radius 3 is 2.29 bits per heavy atom. The predicted molar refractivity (Wildman–Crippen MR) is 66.9 cm³/mol. The molecule has 0 fully saturated rings. The smallest absolute Gasteiger partial charge is 0.0498 e. The van der Waals surface area contributed by atoms with Gasteiger partial charge in [0.15, 0.2) is 0 Å². The van der Waals surface area contributed by atoms with E-state index in [-0.39, 0.29) is 0 Å². The monoisotopic (exact) mass is 206 g/mol. The first-order valence-electron chi connectivity index (χ1n) is 4.96. The van der Waals surface area contributed by atoms with E-state index < -0.39 is 0 Å². The number of rotatable bonds is 4. The summed E-state index contributed by atoms with van der Waals surface area (Å²) in [5, 5.41) is 0.445. The summed E-state index contributed by atoms with van der Waals surface area (Å²) in [7, 11) is 0. The van der Waals surface area contributed by atoms with Gasteiger partial charge in [0, 0.05) is 5.25 Å². The minimum absolute atomic E-state index is 0.445. The van der Waals surface area contributed by atoms with E-state index in [1.54, 1.807) is 0 Å². The van der Waals surface area contributed by atoms with Gasteiger partial charge in [-0.2, -0.15) is 11.8 Å². The molecule has 0 aliphatic rings. The van der Waals surface area contributed by atoms with Crippen LogP contribution >= 0.6 is 11.8 Å². The minimum Gasteiger partial charge on any atom is -0.153 e. The SMILES string of the molecule is C=C(C)C(SC)c1ccc(CC)cc1. The summed E-state index contributed by atoms with van der Waals surface area (Å²) >= 11 is 1.85. The maximum atomic E-state index is 4.02. The molecule has 76 valence electrons. The van der Waals surface area contributed by atoms with E-state index in [2.05, 4.69) is 50.9 Å². The second kappa shape index (κ2) is 5.26. The molecule has 1 unspecified atom stereocenters. The summed E-state index contributed by atoms with van der Waals surface area (Å²) < 4.78 is 0. The molecule has 0 saturated heterocycles. The second-order valence-corrected chi connectivity index (χ2v) is 4.50. The van der Waals surface area contributed by atoms with Crippen molar-refractivity contribution in [2.24, 2.45) is 0 Å². The number of hydrogen-bond acceptors (Lipinski definition) is 1. The van der Waals surface area contributed by atoms with Gasteiger partial charge in [-0.1, -0.05) is 43.3 Å². The van der Waals surface area contributed by atoms with Crippen LogP contribution in [0.4, 0.5) is 0 Å². The van der Waals surface area contributed by atoms with Crippen molar-refractivity contribution < 1.29 is 0 Å². The molecular formula is C13H18S. The summed E-state index contributed by atoms with van der Waals surface area (Å²) in [4.78, 5) is 0. The lowest BCUT2D eigenvalue weighted by atomic mass is 10.0. The van der Waals surface area contributed by atoms with Crippen molar-refractivity contribution >= 4 is 11.8 Å². The van der Waals surface area contributed by atoms with Crippen LogP contribution in [0.5, 0.6) is 0 Å². The van der Waals surface area contributed by atoms with Crippen molar-refractivity contribution in [3.05, 3.63) is 47.5 Å². The quantitative estimate of drug-likeness (QED) is 0.664. The topological polar surface area (TPSA) is 0 Å². The first-order valence-corrected chi connectivity index (χ1v) is 6.24. The molecule has 1 aromatic rings. The summed E-state index contributed by atoms with van der Waals surface area (Å²) in [6.07, 6.45) is 3.24. The summed E-state index contributed by atoms with van der Waals surface area (Å²) in [6, 6.07) is 8.85. The van der Waals surface area contributed by atoms with Gasteiger partial charge < -0.3 is 0 Å². The van der Waals surface area contributed by atoms with Gasteiger partial charge in [-0.25, -0.2) is 0 Å². The second-order valence-electron chi connectivity index (χ2n) is 3.56. The lowest BCUT2D eigenvalue weighted by Gasteiger charge is -2.14. The van der Waals surface area contributed by atoms with Gasteiger partial charge >= 0.3 is 0 Å². The molecule has 0 saturated carbocycles. The van der Waals surface area contributed by atoms with Crippen molar-refractivity contribution in [2.45, 2.75) is 25.5 Å². The molecule has 0 spiro atoms. The molecule has 0 N–H and O–H groups in total. The number of benzene rings is 1. The molecule has 0 heterocycles. The molecule has 1 rings (SSSR count). The molecule has 0 bridgehead atoms. The van der Waals surface area contributed by atoms with Crippen LogP contribution in [-0.2, 0) is 6.42 Å². The van der Waals surface area contributed by atoms with Crippen LogP contribution in [0, 0.1) is 0 Å². The molecule has 0 aliphatic carbocycles. The minimum atomic E-state index is 0.445. The van der Waals surface area contributed by atoms with Crippen molar-refractivity contribution in [2.75, 3.05) is 6.26 Å². The normalized spacial score (nSPS) is 12.5. The molecule has 1 heteroatoms. The fourth-order valence-electron chi connectivity index (χ4n) is 1.55. The van der Waals surface area contributed by atoms with Crippen molar-refractivity contribution in [1.82, 2.24) is 0 Å². The molecule has 0 aliphatic heterocycles. The van der Waals surface area contributed by atoms with Gasteiger partial charge in [0.25, 0.3) is 0 Å². The summed E-state index contributed by atoms with van der Waals surface area (Å²) in [5.74, 6) is 0. The van der Waals surface area contributed by atoms with Crippen molar-refractivity contribution in [3.8, 4) is 0 Å². The highest BCUT2D eigenvalue weighted by Crippen LogP contribution is 2.32. The maximum absolute atomic E-state index is 4.02. The van der Waals surface area contributed by atoms with E-state index in [0.717, 1.165) is 6.42 Å². The van der Waals surface area contributed by atoms with Gasteiger partial charge in [-0.15, -0.1) is 0 Å². The Balaban J connectivity index is 2.89. The molecule has 0 nitrogen and oxygen atoms in total. The first-order chi connectivity index (χ1) is 6.69. The van der Waals surface area contributed by atoms with Crippen LogP contribution in [0.1, 0.15) is 30.2 Å². The average molecular weight is 206 g/mol. The Labute approximate surface area is 91.4 Å². The van der Waals surface area contributed by atoms with E-state index in [0.29, 0.717) is 5.25 Å². The molecule has 1 aromatic carbocycles. The molecule has 0 amide bonds. The van der Waals surface area contributed by atoms with Crippen LogP contribution < -0.4 is 0 Å². The van der Waals surface area contributed by atoms with Crippen LogP contribution in [0.2, 0.25) is 0 Å². The van der Waals surface area contributed by atoms with Crippen LogP contribution in [-0.4, -0.2) is 6.26 Å². The Hall–Kier alpha value is -0.690. The van der Waals surface area contributed by atoms with Crippen molar-refractivity contribution in [1.29, 1.82) is 0 Å². The third kappa shape index (κ3) is 2.65. The average Bonchev–Trinajstić information content (AvgIpc) is 2.19. The summed E-state index contributed by atoms with van der Waals surface area (Å²) in [6.45, 7) is 8.30. The zero-order valence-electron chi connectivity index (χ0n) is 9.21. The zero-order chi connectivity index (χ0) is 10.6. The third-order valence-corrected chi connectivity index (χ3v) is 3.52. The van der Waals surface area contributed by atoms with Gasteiger partial charge in [-0.05, 0) is 30.7 Å². The van der Waals surface area contributed by atoms with Gasteiger partial charge in [0.05, 0.1) is 0 Å². The van der Waals surface area contributed by atoms with E-state index in [4.69, 9.17) is 0 Å². The highest BCUT2D eigenvalue weighted by molar-refractivity contribution is 7.99. The van der Waals surface area contributed by atoms with E-state index in [1.165, 1.54) is 16.7 Å². The van der Waals surface area contributed by atoms with Crippen LogP contribution in [0.25, 0.3) is 0 Å². The van der Waals surface area contributed by atoms with E-state index in [9.17, 15) is 0 Å². The standard InChI is InChI=1S/C13H18S/c1-5-11-6-8-12(9-7-11)13(14-4)10(2)3/h6-9,13H,2,5H2,1,3-4H3. The Kier molecular flexibility index (Phi) is 4.27. The third-order valence-electron chi connectivity index (χ3n) is 2.37. The fourth-order valence-corrected chi connectivity index (χ4v) is 2.38. The maximum Gasteiger partial charge on any atom is 0.0498 e. The fraction of sp³-hybridized carbons (Fsp3) is 0.385. The number of aryl methyl sites for hydroxylation is 1. The van der Waals surface area contributed by atoms with Gasteiger partial charge in [-0.3, -0.25) is 0 Å². The van der Waals surface area contributed by atoms with Crippen molar-refractivity contribution in [3.63, 3.8) is 0 Å². The summed E-state index contributed by atoms with van der Waals surface area (Å²) in [5.41, 5.74) is 3.99. The number of thioether (sulfide) groups is 1. The molecule has 1 atom stereocenters. The van der Waals surface area contributed by atoms with E-state index >= 15 is 0 Å². The molecule has 14 heavy (non-hydrogen) atoms. The predicted octanol–water partition coefficient (Wildman–Crippen LogP) is 4.23. The van der Waals surface area contributed by atoms with Gasteiger partial charge in [0.1, 0.15) is 0 Å². The molecule has 0 aromatic heterocycles. The highest BCUT2D eigenvalue weighted by Gasteiger charge is 2.09. The van der Waals surface area contributed by atoms with Gasteiger partial charge in [0.2, 0.25) is 0 Å². The first kappa shape index (κ1) is 11.4. The Morgan fingerprint density at radius 2 is 1.93 bits per heavy atom. The van der Waals surface area contributed by atoms with Crippen LogP contribution in [0.3, 0.4) is 0 Å².